The Bertz CT molecular complexity index is 344. The molecule has 2 aliphatic rings. The molecule has 4 heteroatoms. The van der Waals surface area contributed by atoms with E-state index in [0.29, 0.717) is 0 Å². The molecule has 0 heterocycles. The maximum atomic E-state index is 10.5. The molecule has 2 rings (SSSR count). The third-order valence-corrected chi connectivity index (χ3v) is 4.42. The van der Waals surface area contributed by atoms with Crippen LogP contribution in [0.15, 0.2) is 6.08 Å². The summed E-state index contributed by atoms with van der Waals surface area (Å²) in [7, 11) is 0. The summed E-state index contributed by atoms with van der Waals surface area (Å²) in [5.74, 6) is 0. The Kier molecular flexibility index (Phi) is 33.0. The van der Waals surface area contributed by atoms with Crippen molar-refractivity contribution in [2.24, 2.45) is 0 Å². The van der Waals surface area contributed by atoms with Gasteiger partial charge in [0.15, 0.2) is 0 Å². The predicted molar refractivity (Wildman–Crippen MR) is 135 cm³/mol. The number of allylic oxidation sites excluding steroid dienone is 1. The van der Waals surface area contributed by atoms with E-state index < -0.39 is 6.09 Å². The van der Waals surface area contributed by atoms with E-state index in [1.165, 1.54) is 49.8 Å². The fourth-order valence-corrected chi connectivity index (χ4v) is 2.90. The zero-order valence-corrected chi connectivity index (χ0v) is 23.5. The Hall–Kier alpha value is -0.107. The van der Waals surface area contributed by atoms with E-state index in [2.05, 4.69) is 6.92 Å². The van der Waals surface area contributed by atoms with Gasteiger partial charge >= 0.3 is 32.3 Å². The number of rotatable bonds is 10. The molecule has 3 nitrogen and oxygen atoms in total. The van der Waals surface area contributed by atoms with Gasteiger partial charge in [0, 0.05) is 12.1 Å². The first-order chi connectivity index (χ1) is 14.9. The minimum Gasteiger partial charge on any atom is -0.518 e. The first-order valence-corrected chi connectivity index (χ1v) is 11.8. The summed E-state index contributed by atoms with van der Waals surface area (Å²) in [6.07, 6.45) is 31.6. The van der Waals surface area contributed by atoms with Crippen molar-refractivity contribution in [3.05, 3.63) is 76.9 Å². The van der Waals surface area contributed by atoms with Gasteiger partial charge in [-0.1, -0.05) is 58.3 Å². The zero-order valence-electron chi connectivity index (χ0n) is 21.0. The van der Waals surface area contributed by atoms with Crippen molar-refractivity contribution in [2.75, 3.05) is 0 Å². The second-order valence-electron chi connectivity index (χ2n) is 7.95. The van der Waals surface area contributed by atoms with Crippen molar-refractivity contribution in [3.8, 4) is 0 Å². The molecule has 0 unspecified atom stereocenters. The van der Waals surface area contributed by atoms with Crippen molar-refractivity contribution in [1.82, 2.24) is 4.90 Å². The van der Waals surface area contributed by atoms with Gasteiger partial charge in [-0.2, -0.15) is 0 Å². The molecule has 1 N–H and O–H groups in total. The molecule has 11 radical (unpaired) electrons. The van der Waals surface area contributed by atoms with Crippen LogP contribution in [-0.2, 0) is 26.2 Å². The van der Waals surface area contributed by atoms with Gasteiger partial charge in [0.2, 0.25) is 0 Å². The molecule has 177 valence electrons. The monoisotopic (exact) mass is 518 g/mol. The molecule has 0 aromatic carbocycles. The Morgan fingerprint density at radius 2 is 1.06 bits per heavy atom. The molecule has 0 aromatic heterocycles. The number of hydrogen-bond donors (Lipinski definition) is 1. The Balaban J connectivity index is -0.000000364. The Labute approximate surface area is 221 Å². The van der Waals surface area contributed by atoms with E-state index in [0.717, 1.165) is 6.42 Å². The summed E-state index contributed by atoms with van der Waals surface area (Å²) >= 11 is 0. The first-order valence-electron chi connectivity index (χ1n) is 11.8. The number of carbonyl (C=O) groups is 1. The minimum absolute atomic E-state index is 0. The van der Waals surface area contributed by atoms with Gasteiger partial charge in [0.05, 0.1) is 0 Å². The summed E-state index contributed by atoms with van der Waals surface area (Å²) in [6.45, 7) is 15.0. The van der Waals surface area contributed by atoms with Crippen LogP contribution in [0.2, 0.25) is 0 Å². The Morgan fingerprint density at radius 3 is 1.28 bits per heavy atom. The third-order valence-electron chi connectivity index (χ3n) is 4.42. The number of nitrogens with zero attached hydrogens (tertiary/aromatic N) is 1. The number of hydrogen-bond acceptors (Lipinski definition) is 1. The average molecular weight is 520 g/mol. The second-order valence-corrected chi connectivity index (χ2v) is 7.95. The molecule has 0 aliphatic heterocycles. The van der Waals surface area contributed by atoms with Crippen LogP contribution < -0.4 is 0 Å². The van der Waals surface area contributed by atoms with E-state index in [1.807, 2.05) is 91.9 Å². The van der Waals surface area contributed by atoms with Crippen molar-refractivity contribution in [1.29, 1.82) is 0 Å². The largest absolute Gasteiger partial charge is 3.00 e. The molecule has 1 amide bonds. The van der Waals surface area contributed by atoms with Crippen LogP contribution in [0.1, 0.15) is 86.0 Å². The number of unbranched alkanes of at least 4 members (excludes halogenated alkanes) is 7. The minimum atomic E-state index is -0.843. The van der Waals surface area contributed by atoms with E-state index in [9.17, 15) is 4.79 Å². The van der Waals surface area contributed by atoms with Crippen molar-refractivity contribution in [3.63, 3.8) is 0 Å². The van der Waals surface area contributed by atoms with Crippen LogP contribution in [0.25, 0.3) is 0 Å². The number of carboxylic acid groups (broad SMARTS) is 1. The second kappa shape index (κ2) is 28.9. The maximum absolute atomic E-state index is 10.5. The van der Waals surface area contributed by atoms with Crippen LogP contribution in [0, 0.1) is 70.8 Å². The Morgan fingerprint density at radius 1 is 0.750 bits per heavy atom. The molecule has 0 bridgehead atoms. The summed E-state index contributed by atoms with van der Waals surface area (Å²) in [5, 5.41) is 8.64. The summed E-state index contributed by atoms with van der Waals surface area (Å²) in [6, 6.07) is 0.134. The quantitative estimate of drug-likeness (QED) is 0.235. The van der Waals surface area contributed by atoms with Crippen LogP contribution in [0.3, 0.4) is 0 Å². The van der Waals surface area contributed by atoms with Crippen LogP contribution in [0.4, 0.5) is 4.79 Å². The molecule has 2 aliphatic carbocycles. The van der Waals surface area contributed by atoms with E-state index in [4.69, 9.17) is 11.7 Å². The molecule has 0 atom stereocenters. The SMILES string of the molecule is CC(C)N(C(=O)O)C(C)C.[CH-]=CCCCCCCCCC.[CH]1[CH][CH][CH][CH]1.[CH]1[CH][CH][CH][CH]1.[Zr+3]. The van der Waals surface area contributed by atoms with Gasteiger partial charge in [-0.25, -0.2) is 4.79 Å². The molecule has 0 aromatic rings. The van der Waals surface area contributed by atoms with Gasteiger partial charge in [-0.05, 0) is 91.9 Å². The predicted octanol–water partition coefficient (Wildman–Crippen LogP) is 7.94. The fraction of sp³-hybridized carbons (Fsp3) is 0.536. The standard InChI is InChI=1S/C11H21.C7H15NO2.2C5H5.Zr/c1-3-5-7-9-11-10-8-6-4-2;1-5(2)8(6(3)4)7(9)10;2*1-2-4-5-3-1;/h1,3H,4-11H2,2H3;5-6H,1-4H3,(H,9,10);2*1-5H;/q-1;;;;+3. The molecule has 2 saturated carbocycles. The number of amides is 1. The molecule has 0 spiro atoms. The maximum Gasteiger partial charge on any atom is 3.00 e. The smallest absolute Gasteiger partial charge is 0.518 e. The molecular formula is C28H46NO2Zr+2. The van der Waals surface area contributed by atoms with Gasteiger partial charge in [-0.15, -0.1) is 0 Å². The van der Waals surface area contributed by atoms with E-state index >= 15 is 0 Å². The summed E-state index contributed by atoms with van der Waals surface area (Å²) in [5.41, 5.74) is 0. The van der Waals surface area contributed by atoms with Crippen LogP contribution in [-0.4, -0.2) is 28.2 Å². The van der Waals surface area contributed by atoms with Crippen molar-refractivity contribution in [2.45, 2.75) is 98.1 Å². The summed E-state index contributed by atoms with van der Waals surface area (Å²) in [4.78, 5) is 11.9. The van der Waals surface area contributed by atoms with Gasteiger partial charge in [0.25, 0.3) is 0 Å². The van der Waals surface area contributed by atoms with Gasteiger partial charge in [0.1, 0.15) is 0 Å². The molecule has 0 saturated heterocycles. The molecule has 2 fully saturated rings. The van der Waals surface area contributed by atoms with Crippen molar-refractivity contribution >= 4 is 6.09 Å². The van der Waals surface area contributed by atoms with Gasteiger partial charge in [-0.3, -0.25) is 6.08 Å². The van der Waals surface area contributed by atoms with Crippen molar-refractivity contribution < 1.29 is 36.1 Å². The topological polar surface area (TPSA) is 40.5 Å². The van der Waals surface area contributed by atoms with Crippen LogP contribution >= 0.6 is 0 Å². The van der Waals surface area contributed by atoms with Gasteiger partial charge < -0.3 is 16.6 Å². The van der Waals surface area contributed by atoms with Crippen LogP contribution in [0.5, 0.6) is 0 Å². The summed E-state index contributed by atoms with van der Waals surface area (Å²) < 4.78 is 0. The van der Waals surface area contributed by atoms with E-state index in [-0.39, 0.29) is 38.3 Å². The zero-order chi connectivity index (χ0) is 23.7. The third kappa shape index (κ3) is 27.9. The fourth-order valence-electron chi connectivity index (χ4n) is 2.90. The molecular weight excluding hydrogens is 474 g/mol. The molecule has 32 heavy (non-hydrogen) atoms. The first kappa shape index (κ1) is 36.5. The normalized spacial score (nSPS) is 14.2. The van der Waals surface area contributed by atoms with E-state index in [1.54, 1.807) is 6.08 Å². The average Bonchev–Trinajstić information content (AvgIpc) is 3.45.